The number of ether oxygens (including phenoxy) is 2. The molecule has 0 radical (unpaired) electrons. The van der Waals surface area contributed by atoms with Gasteiger partial charge < -0.3 is 24.6 Å². The van der Waals surface area contributed by atoms with Gasteiger partial charge in [-0.05, 0) is 43.2 Å². The lowest BCUT2D eigenvalue weighted by molar-refractivity contribution is -0.116. The molecule has 2 heterocycles. The van der Waals surface area contributed by atoms with Crippen LogP contribution in [0.25, 0.3) is 0 Å². The summed E-state index contributed by atoms with van der Waals surface area (Å²) in [6.07, 6.45) is 2.53. The second-order valence-electron chi connectivity index (χ2n) is 6.12. The molecular weight excluding hydrogens is 360 g/mol. The van der Waals surface area contributed by atoms with Crippen molar-refractivity contribution >= 4 is 23.2 Å². The van der Waals surface area contributed by atoms with E-state index in [-0.39, 0.29) is 5.91 Å². The highest BCUT2D eigenvalue weighted by Crippen LogP contribution is 2.28. The van der Waals surface area contributed by atoms with E-state index >= 15 is 0 Å². The minimum Gasteiger partial charge on any atom is -0.493 e. The maximum atomic E-state index is 12.2. The predicted octanol–water partition coefficient (Wildman–Crippen LogP) is 3.71. The van der Waals surface area contributed by atoms with Crippen LogP contribution in [0.4, 0.5) is 17.3 Å². The third kappa shape index (κ3) is 5.00. The van der Waals surface area contributed by atoms with E-state index in [4.69, 9.17) is 14.0 Å². The Kier molecular flexibility index (Phi) is 6.11. The zero-order valence-corrected chi connectivity index (χ0v) is 16.0. The van der Waals surface area contributed by atoms with Gasteiger partial charge in [-0.1, -0.05) is 11.2 Å². The lowest BCUT2D eigenvalue weighted by atomic mass is 10.1. The SMILES string of the molecule is COc1ccc(CCC(=O)Nc2ccc(Nc3cc(C)on3)cn2)cc1OC. The second kappa shape index (κ2) is 8.90. The Labute approximate surface area is 162 Å². The minimum absolute atomic E-state index is 0.116. The summed E-state index contributed by atoms with van der Waals surface area (Å²) in [7, 11) is 3.17. The molecule has 1 aromatic carbocycles. The molecule has 2 aromatic heterocycles. The van der Waals surface area contributed by atoms with E-state index in [1.807, 2.05) is 25.1 Å². The molecule has 0 atom stereocenters. The van der Waals surface area contributed by atoms with Crippen molar-refractivity contribution in [2.75, 3.05) is 24.9 Å². The van der Waals surface area contributed by atoms with Crippen LogP contribution in [0, 0.1) is 6.92 Å². The highest BCUT2D eigenvalue weighted by molar-refractivity contribution is 5.90. The van der Waals surface area contributed by atoms with Gasteiger partial charge in [0.2, 0.25) is 5.91 Å². The zero-order chi connectivity index (χ0) is 19.9. The molecule has 8 nitrogen and oxygen atoms in total. The Hall–Kier alpha value is -3.55. The van der Waals surface area contributed by atoms with Crippen molar-refractivity contribution in [2.24, 2.45) is 0 Å². The highest BCUT2D eigenvalue weighted by atomic mass is 16.5. The van der Waals surface area contributed by atoms with Crippen LogP contribution in [0.3, 0.4) is 0 Å². The fourth-order valence-corrected chi connectivity index (χ4v) is 2.61. The fraction of sp³-hybridized carbons (Fsp3) is 0.250. The first-order valence-electron chi connectivity index (χ1n) is 8.74. The Bertz CT molecular complexity index is 938. The van der Waals surface area contributed by atoms with Gasteiger partial charge in [0.25, 0.3) is 0 Å². The average molecular weight is 382 g/mol. The Morgan fingerprint density at radius 2 is 1.89 bits per heavy atom. The first-order valence-corrected chi connectivity index (χ1v) is 8.74. The topological polar surface area (TPSA) is 98.5 Å². The molecule has 0 unspecified atom stereocenters. The number of nitrogens with zero attached hydrogens (tertiary/aromatic N) is 2. The largest absolute Gasteiger partial charge is 0.493 e. The van der Waals surface area contributed by atoms with E-state index < -0.39 is 0 Å². The van der Waals surface area contributed by atoms with Crippen molar-refractivity contribution in [2.45, 2.75) is 19.8 Å². The molecule has 3 rings (SSSR count). The number of pyridine rings is 1. The normalized spacial score (nSPS) is 10.4. The quantitative estimate of drug-likeness (QED) is 0.613. The van der Waals surface area contributed by atoms with Crippen LogP contribution in [0.2, 0.25) is 0 Å². The number of aromatic nitrogens is 2. The third-order valence-electron chi connectivity index (χ3n) is 4.02. The molecule has 1 amide bonds. The number of carbonyl (C=O) groups is 1. The molecule has 0 saturated carbocycles. The molecule has 0 fully saturated rings. The summed E-state index contributed by atoms with van der Waals surface area (Å²) in [6, 6.07) is 10.9. The Balaban J connectivity index is 1.52. The van der Waals surface area contributed by atoms with Crippen LogP contribution < -0.4 is 20.1 Å². The van der Waals surface area contributed by atoms with Gasteiger partial charge >= 0.3 is 0 Å². The highest BCUT2D eigenvalue weighted by Gasteiger charge is 2.08. The number of carbonyl (C=O) groups excluding carboxylic acids is 1. The monoisotopic (exact) mass is 382 g/mol. The van der Waals surface area contributed by atoms with Crippen molar-refractivity contribution < 1.29 is 18.8 Å². The van der Waals surface area contributed by atoms with E-state index in [0.29, 0.717) is 41.7 Å². The number of hydrogen-bond acceptors (Lipinski definition) is 7. The number of aryl methyl sites for hydroxylation is 2. The maximum Gasteiger partial charge on any atom is 0.225 e. The maximum absolute atomic E-state index is 12.2. The van der Waals surface area contributed by atoms with Gasteiger partial charge in [0.05, 0.1) is 26.1 Å². The number of rotatable bonds is 8. The summed E-state index contributed by atoms with van der Waals surface area (Å²) in [5, 5.41) is 9.72. The van der Waals surface area contributed by atoms with E-state index in [0.717, 1.165) is 11.3 Å². The smallest absolute Gasteiger partial charge is 0.225 e. The molecule has 0 aliphatic carbocycles. The lowest BCUT2D eigenvalue weighted by Gasteiger charge is -2.10. The molecule has 0 saturated heterocycles. The number of anilines is 3. The van der Waals surface area contributed by atoms with Gasteiger partial charge in [0.1, 0.15) is 11.6 Å². The molecule has 0 aliphatic rings. The summed E-state index contributed by atoms with van der Waals surface area (Å²) in [6.45, 7) is 1.82. The van der Waals surface area contributed by atoms with Crippen LogP contribution in [0.5, 0.6) is 11.5 Å². The minimum atomic E-state index is -0.116. The molecular formula is C20H22N4O4. The van der Waals surface area contributed by atoms with Gasteiger partial charge in [0.15, 0.2) is 17.3 Å². The average Bonchev–Trinajstić information content (AvgIpc) is 3.12. The Morgan fingerprint density at radius 1 is 1.07 bits per heavy atom. The van der Waals surface area contributed by atoms with Crippen LogP contribution in [0.1, 0.15) is 17.7 Å². The molecule has 2 N–H and O–H groups in total. The third-order valence-corrected chi connectivity index (χ3v) is 4.02. The van der Waals surface area contributed by atoms with E-state index in [2.05, 4.69) is 20.8 Å². The van der Waals surface area contributed by atoms with Gasteiger partial charge in [-0.3, -0.25) is 4.79 Å². The van der Waals surface area contributed by atoms with Crippen molar-refractivity contribution in [3.05, 3.63) is 53.9 Å². The molecule has 0 bridgehead atoms. The van der Waals surface area contributed by atoms with Crippen molar-refractivity contribution in [1.29, 1.82) is 0 Å². The number of nitrogens with one attached hydrogen (secondary N) is 2. The molecule has 0 aliphatic heterocycles. The summed E-state index contributed by atoms with van der Waals surface area (Å²) < 4.78 is 15.5. The van der Waals surface area contributed by atoms with Gasteiger partial charge in [-0.2, -0.15) is 0 Å². The molecule has 146 valence electrons. The first kappa shape index (κ1) is 19.2. The summed E-state index contributed by atoms with van der Waals surface area (Å²) in [4.78, 5) is 16.4. The number of amides is 1. The zero-order valence-electron chi connectivity index (χ0n) is 16.0. The van der Waals surface area contributed by atoms with Crippen LogP contribution in [-0.2, 0) is 11.2 Å². The first-order chi connectivity index (χ1) is 13.6. The van der Waals surface area contributed by atoms with Gasteiger partial charge in [0, 0.05) is 12.5 Å². The summed E-state index contributed by atoms with van der Waals surface area (Å²) in [5.41, 5.74) is 1.74. The molecule has 8 heteroatoms. The van der Waals surface area contributed by atoms with Crippen molar-refractivity contribution in [3.8, 4) is 11.5 Å². The Morgan fingerprint density at radius 3 is 2.54 bits per heavy atom. The summed E-state index contributed by atoms with van der Waals surface area (Å²) >= 11 is 0. The van der Waals surface area contributed by atoms with Crippen LogP contribution in [-0.4, -0.2) is 30.3 Å². The standard InChI is InChI=1S/C20H22N4O4/c1-13-10-19(24-28-13)22-15-6-8-18(21-12-15)23-20(25)9-5-14-4-7-16(26-2)17(11-14)27-3/h4,6-8,10-12H,5,9H2,1-3H3,(H,22,24)(H,21,23,25). The molecule has 28 heavy (non-hydrogen) atoms. The predicted molar refractivity (Wildman–Crippen MR) is 105 cm³/mol. The number of methoxy groups -OCH3 is 2. The second-order valence-corrected chi connectivity index (χ2v) is 6.12. The lowest BCUT2D eigenvalue weighted by Crippen LogP contribution is -2.13. The van der Waals surface area contributed by atoms with Crippen molar-refractivity contribution in [3.63, 3.8) is 0 Å². The van der Waals surface area contributed by atoms with Gasteiger partial charge in [-0.25, -0.2) is 4.98 Å². The van der Waals surface area contributed by atoms with E-state index in [1.165, 1.54) is 0 Å². The molecule has 3 aromatic rings. The number of hydrogen-bond donors (Lipinski definition) is 2. The van der Waals surface area contributed by atoms with Crippen LogP contribution in [0.15, 0.2) is 47.1 Å². The van der Waals surface area contributed by atoms with E-state index in [1.54, 1.807) is 38.6 Å². The summed E-state index contributed by atoms with van der Waals surface area (Å²) in [5.74, 6) is 3.00. The molecule has 0 spiro atoms. The number of benzene rings is 1. The van der Waals surface area contributed by atoms with Crippen molar-refractivity contribution in [1.82, 2.24) is 10.1 Å². The fourth-order valence-electron chi connectivity index (χ4n) is 2.61. The van der Waals surface area contributed by atoms with Crippen LogP contribution >= 0.6 is 0 Å². The van der Waals surface area contributed by atoms with E-state index in [9.17, 15) is 4.79 Å². The van der Waals surface area contributed by atoms with Gasteiger partial charge in [-0.15, -0.1) is 0 Å².